The molecule has 21 heavy (non-hydrogen) atoms. The first-order chi connectivity index (χ1) is 10.2. The van der Waals surface area contributed by atoms with E-state index in [0.29, 0.717) is 22.4 Å². The molecular weight excluding hydrogens is 288 g/mol. The first-order valence-corrected chi connectivity index (χ1v) is 7.32. The third-order valence-corrected chi connectivity index (χ3v) is 3.97. The van der Waals surface area contributed by atoms with Crippen molar-refractivity contribution in [2.24, 2.45) is 0 Å². The molecule has 0 saturated heterocycles. The lowest BCUT2D eigenvalue weighted by Gasteiger charge is -2.05. The van der Waals surface area contributed by atoms with Crippen molar-refractivity contribution in [3.63, 3.8) is 0 Å². The maximum atomic E-state index is 11.8. The van der Waals surface area contributed by atoms with Crippen molar-refractivity contribution in [2.75, 3.05) is 11.9 Å². The number of nitrogens with zero attached hydrogens (tertiary/aromatic N) is 3. The molecule has 6 nitrogen and oxygen atoms in total. The van der Waals surface area contributed by atoms with Gasteiger partial charge in [0.05, 0.1) is 11.6 Å². The molecular formula is C14H12N4O2S. The van der Waals surface area contributed by atoms with Crippen LogP contribution in [0, 0.1) is 11.3 Å². The molecule has 0 bridgehead atoms. The third kappa shape index (κ3) is 3.55. The molecule has 1 aliphatic carbocycles. The summed E-state index contributed by atoms with van der Waals surface area (Å²) in [4.78, 5) is 11.8. The SMILES string of the molecule is N#Cc1ccc(OCC(=O)Nc2nnc(C3CC3)s2)cc1. The van der Waals surface area contributed by atoms with Crippen molar-refractivity contribution in [1.29, 1.82) is 5.26 Å². The second kappa shape index (κ2) is 5.89. The van der Waals surface area contributed by atoms with Crippen LogP contribution < -0.4 is 10.1 Å². The zero-order valence-electron chi connectivity index (χ0n) is 11.1. The summed E-state index contributed by atoms with van der Waals surface area (Å²) < 4.78 is 5.34. The zero-order chi connectivity index (χ0) is 14.7. The van der Waals surface area contributed by atoms with E-state index in [9.17, 15) is 4.79 Å². The number of carbonyl (C=O) groups excluding carboxylic acids is 1. The molecule has 1 amide bonds. The second-order valence-electron chi connectivity index (χ2n) is 4.69. The Labute approximate surface area is 125 Å². The Kier molecular flexibility index (Phi) is 3.79. The number of aromatic nitrogens is 2. The molecule has 1 aliphatic rings. The number of hydrogen-bond donors (Lipinski definition) is 1. The van der Waals surface area contributed by atoms with Crippen molar-refractivity contribution in [2.45, 2.75) is 18.8 Å². The summed E-state index contributed by atoms with van der Waals surface area (Å²) in [5.74, 6) is 0.793. The van der Waals surface area contributed by atoms with E-state index in [0.717, 1.165) is 17.8 Å². The molecule has 3 rings (SSSR count). The van der Waals surface area contributed by atoms with Gasteiger partial charge in [0.2, 0.25) is 5.13 Å². The molecule has 7 heteroatoms. The average molecular weight is 300 g/mol. The van der Waals surface area contributed by atoms with Crippen LogP contribution in [0.5, 0.6) is 5.75 Å². The third-order valence-electron chi connectivity index (χ3n) is 2.97. The Bertz CT molecular complexity index is 686. The van der Waals surface area contributed by atoms with Crippen LogP contribution in [0.4, 0.5) is 5.13 Å². The molecule has 0 unspecified atom stereocenters. The monoisotopic (exact) mass is 300 g/mol. The number of nitrogens with one attached hydrogen (secondary N) is 1. The number of carbonyl (C=O) groups is 1. The lowest BCUT2D eigenvalue weighted by atomic mass is 10.2. The predicted molar refractivity (Wildman–Crippen MR) is 77.2 cm³/mol. The van der Waals surface area contributed by atoms with Crippen molar-refractivity contribution in [3.8, 4) is 11.8 Å². The van der Waals surface area contributed by atoms with E-state index in [1.54, 1.807) is 24.3 Å². The molecule has 0 atom stereocenters. The summed E-state index contributed by atoms with van der Waals surface area (Å²) in [5, 5.41) is 20.8. The molecule has 0 spiro atoms. The Morgan fingerprint density at radius 3 is 2.81 bits per heavy atom. The van der Waals surface area contributed by atoms with E-state index >= 15 is 0 Å². The van der Waals surface area contributed by atoms with Crippen LogP contribution in [0.25, 0.3) is 0 Å². The molecule has 1 aromatic heterocycles. The van der Waals surface area contributed by atoms with E-state index in [-0.39, 0.29) is 12.5 Å². The van der Waals surface area contributed by atoms with Crippen LogP contribution >= 0.6 is 11.3 Å². The second-order valence-corrected chi connectivity index (χ2v) is 5.70. The molecule has 2 aromatic rings. The van der Waals surface area contributed by atoms with Crippen molar-refractivity contribution in [1.82, 2.24) is 10.2 Å². The van der Waals surface area contributed by atoms with Gasteiger partial charge in [0.25, 0.3) is 5.91 Å². The highest BCUT2D eigenvalue weighted by Crippen LogP contribution is 2.41. The highest BCUT2D eigenvalue weighted by Gasteiger charge is 2.27. The van der Waals surface area contributed by atoms with E-state index in [1.807, 2.05) is 6.07 Å². The first kappa shape index (κ1) is 13.5. The number of ether oxygens (including phenoxy) is 1. The molecule has 1 aromatic carbocycles. The number of rotatable bonds is 5. The molecule has 106 valence electrons. The maximum Gasteiger partial charge on any atom is 0.264 e. The summed E-state index contributed by atoms with van der Waals surface area (Å²) >= 11 is 1.41. The fraction of sp³-hybridized carbons (Fsp3) is 0.286. The van der Waals surface area contributed by atoms with Crippen LogP contribution in [0.1, 0.15) is 29.3 Å². The van der Waals surface area contributed by atoms with Crippen LogP contribution in [0.2, 0.25) is 0 Å². The van der Waals surface area contributed by atoms with Gasteiger partial charge < -0.3 is 4.74 Å². The van der Waals surface area contributed by atoms with Crippen LogP contribution in [-0.2, 0) is 4.79 Å². The summed E-state index contributed by atoms with van der Waals surface area (Å²) in [6, 6.07) is 8.61. The minimum Gasteiger partial charge on any atom is -0.484 e. The number of amides is 1. The van der Waals surface area contributed by atoms with E-state index < -0.39 is 0 Å². The van der Waals surface area contributed by atoms with Gasteiger partial charge in [-0.25, -0.2) is 0 Å². The summed E-state index contributed by atoms with van der Waals surface area (Å²) in [6.45, 7) is -0.107. The van der Waals surface area contributed by atoms with Gasteiger partial charge in [-0.3, -0.25) is 10.1 Å². The smallest absolute Gasteiger partial charge is 0.264 e. The van der Waals surface area contributed by atoms with Gasteiger partial charge in [-0.1, -0.05) is 11.3 Å². The summed E-state index contributed by atoms with van der Waals surface area (Å²) in [7, 11) is 0. The Hall–Kier alpha value is -2.46. The van der Waals surface area contributed by atoms with Gasteiger partial charge in [0.1, 0.15) is 10.8 Å². The standard InChI is InChI=1S/C14H12N4O2S/c15-7-9-1-5-11(6-2-9)20-8-12(19)16-14-18-17-13(21-14)10-3-4-10/h1-2,5-6,10H,3-4,8H2,(H,16,18,19). The van der Waals surface area contributed by atoms with E-state index in [4.69, 9.17) is 10.00 Å². The number of hydrogen-bond acceptors (Lipinski definition) is 6. The fourth-order valence-electron chi connectivity index (χ4n) is 1.71. The number of benzene rings is 1. The lowest BCUT2D eigenvalue weighted by Crippen LogP contribution is -2.20. The maximum absolute atomic E-state index is 11.8. The van der Waals surface area contributed by atoms with Crippen molar-refractivity contribution in [3.05, 3.63) is 34.8 Å². The highest BCUT2D eigenvalue weighted by molar-refractivity contribution is 7.15. The molecule has 1 saturated carbocycles. The van der Waals surface area contributed by atoms with Crippen LogP contribution in [0.15, 0.2) is 24.3 Å². The van der Waals surface area contributed by atoms with Gasteiger partial charge >= 0.3 is 0 Å². The minimum absolute atomic E-state index is 0.107. The van der Waals surface area contributed by atoms with Crippen molar-refractivity contribution < 1.29 is 9.53 Å². The number of anilines is 1. The quantitative estimate of drug-likeness (QED) is 0.915. The predicted octanol–water partition coefficient (Wildman–Crippen LogP) is 2.30. The van der Waals surface area contributed by atoms with Gasteiger partial charge in [-0.05, 0) is 37.1 Å². The number of nitriles is 1. The Morgan fingerprint density at radius 2 is 2.14 bits per heavy atom. The van der Waals surface area contributed by atoms with Crippen LogP contribution in [-0.4, -0.2) is 22.7 Å². The van der Waals surface area contributed by atoms with Gasteiger partial charge in [-0.2, -0.15) is 5.26 Å². The first-order valence-electron chi connectivity index (χ1n) is 6.51. The lowest BCUT2D eigenvalue weighted by molar-refractivity contribution is -0.118. The van der Waals surface area contributed by atoms with Gasteiger partial charge in [0, 0.05) is 5.92 Å². The van der Waals surface area contributed by atoms with E-state index in [2.05, 4.69) is 15.5 Å². The molecule has 1 heterocycles. The van der Waals surface area contributed by atoms with Gasteiger partial charge in [0.15, 0.2) is 6.61 Å². The molecule has 1 N–H and O–H groups in total. The van der Waals surface area contributed by atoms with Crippen LogP contribution in [0.3, 0.4) is 0 Å². The van der Waals surface area contributed by atoms with E-state index in [1.165, 1.54) is 11.3 Å². The largest absolute Gasteiger partial charge is 0.484 e. The summed E-state index contributed by atoms with van der Waals surface area (Å²) in [5.41, 5.74) is 0.549. The van der Waals surface area contributed by atoms with Crippen molar-refractivity contribution >= 4 is 22.4 Å². The zero-order valence-corrected chi connectivity index (χ0v) is 11.9. The van der Waals surface area contributed by atoms with Gasteiger partial charge in [-0.15, -0.1) is 10.2 Å². The molecule has 1 fully saturated rings. The topological polar surface area (TPSA) is 87.9 Å². The molecule has 0 radical (unpaired) electrons. The minimum atomic E-state index is -0.280. The Morgan fingerprint density at radius 1 is 1.38 bits per heavy atom. The highest BCUT2D eigenvalue weighted by atomic mass is 32.1. The normalized spacial score (nSPS) is 13.5. The summed E-state index contributed by atoms with van der Waals surface area (Å²) in [6.07, 6.45) is 2.31. The average Bonchev–Trinajstić information content (AvgIpc) is 3.26. The fourth-order valence-corrected chi connectivity index (χ4v) is 2.64. The Balaban J connectivity index is 1.50. The molecule has 0 aliphatic heterocycles.